The van der Waals surface area contributed by atoms with Gasteiger partial charge in [-0.3, -0.25) is 9.69 Å². The molecular formula is C21H28N4O4. The Bertz CT molecular complexity index is 864. The third-order valence-electron chi connectivity index (χ3n) is 6.55. The molecule has 2 aromatic rings. The summed E-state index contributed by atoms with van der Waals surface area (Å²) < 4.78 is 17.2. The highest BCUT2D eigenvalue weighted by Gasteiger charge is 2.62. The van der Waals surface area contributed by atoms with Crippen LogP contribution in [0.4, 0.5) is 0 Å². The second kappa shape index (κ2) is 7.25. The molecule has 3 saturated heterocycles. The van der Waals surface area contributed by atoms with E-state index >= 15 is 0 Å². The van der Waals surface area contributed by atoms with Gasteiger partial charge in [0.1, 0.15) is 0 Å². The van der Waals surface area contributed by atoms with Gasteiger partial charge in [-0.15, -0.1) is 0 Å². The van der Waals surface area contributed by atoms with E-state index in [9.17, 15) is 4.79 Å². The largest absolute Gasteiger partial charge is 0.461 e. The minimum Gasteiger partial charge on any atom is -0.461 e. The van der Waals surface area contributed by atoms with Crippen LogP contribution in [0.1, 0.15) is 39.0 Å². The molecule has 1 N–H and O–H groups in total. The molecule has 0 radical (unpaired) electrons. The SMILES string of the molecule is CC(C)CC(=O)NC[C@H]1[C@H]2CN(Cc3nc(-c4ccco4)no3)C[C@]23CC[C@H]1O3. The minimum absolute atomic E-state index is 0.0814. The molecule has 0 unspecified atom stereocenters. The lowest BCUT2D eigenvalue weighted by Crippen LogP contribution is -2.42. The van der Waals surface area contributed by atoms with E-state index < -0.39 is 0 Å². The zero-order chi connectivity index (χ0) is 20.0. The fraction of sp³-hybridized carbons (Fsp3) is 0.667. The standard InChI is InChI=1S/C21H28N4O4/c1-13(2)8-18(26)22-9-14-15-10-25(12-21(15)6-5-16(14)28-21)11-19-23-20(24-29-19)17-4-3-7-27-17/h3-4,7,13-16H,5-6,8-12H2,1-2H3,(H,22,26)/t14-,15+,16+,21+/m0/s1. The molecule has 5 rings (SSSR count). The number of nitrogens with zero attached hydrogens (tertiary/aromatic N) is 3. The van der Waals surface area contributed by atoms with Crippen molar-refractivity contribution in [3.8, 4) is 11.6 Å². The lowest BCUT2D eigenvalue weighted by molar-refractivity contribution is -0.122. The molecule has 3 fully saturated rings. The maximum atomic E-state index is 12.1. The van der Waals surface area contributed by atoms with Crippen LogP contribution in [-0.4, -0.2) is 52.3 Å². The summed E-state index contributed by atoms with van der Waals surface area (Å²) in [7, 11) is 0. The van der Waals surface area contributed by atoms with Crippen molar-refractivity contribution in [2.24, 2.45) is 17.8 Å². The van der Waals surface area contributed by atoms with E-state index in [-0.39, 0.29) is 17.6 Å². The molecule has 156 valence electrons. The van der Waals surface area contributed by atoms with E-state index in [2.05, 4.69) is 34.2 Å². The highest BCUT2D eigenvalue weighted by atomic mass is 16.5. The van der Waals surface area contributed by atoms with Crippen LogP contribution < -0.4 is 5.32 Å². The summed E-state index contributed by atoms with van der Waals surface area (Å²) in [6.07, 6.45) is 4.63. The maximum absolute atomic E-state index is 12.1. The van der Waals surface area contributed by atoms with Crippen molar-refractivity contribution in [3.63, 3.8) is 0 Å². The van der Waals surface area contributed by atoms with Gasteiger partial charge in [0.05, 0.1) is 24.5 Å². The topological polar surface area (TPSA) is 93.6 Å². The zero-order valence-corrected chi connectivity index (χ0v) is 17.0. The van der Waals surface area contributed by atoms with Gasteiger partial charge in [-0.2, -0.15) is 4.98 Å². The third-order valence-corrected chi connectivity index (χ3v) is 6.55. The summed E-state index contributed by atoms with van der Waals surface area (Å²) in [4.78, 5) is 18.9. The summed E-state index contributed by atoms with van der Waals surface area (Å²) in [5.74, 6) is 3.01. The number of carbonyl (C=O) groups excluding carboxylic acids is 1. The van der Waals surface area contributed by atoms with Crippen LogP contribution in [0.3, 0.4) is 0 Å². The van der Waals surface area contributed by atoms with E-state index in [1.165, 1.54) is 0 Å². The normalized spacial score (nSPS) is 30.9. The predicted molar refractivity (Wildman–Crippen MR) is 104 cm³/mol. The monoisotopic (exact) mass is 400 g/mol. The molecule has 1 amide bonds. The van der Waals surface area contributed by atoms with Gasteiger partial charge in [-0.25, -0.2) is 0 Å². The van der Waals surface area contributed by atoms with E-state index in [0.29, 0.717) is 54.7 Å². The predicted octanol–water partition coefficient (Wildman–Crippen LogP) is 2.47. The molecule has 3 aliphatic heterocycles. The van der Waals surface area contributed by atoms with Crippen molar-refractivity contribution in [1.82, 2.24) is 20.4 Å². The number of carbonyl (C=O) groups is 1. The Morgan fingerprint density at radius 1 is 1.45 bits per heavy atom. The third kappa shape index (κ3) is 3.48. The van der Waals surface area contributed by atoms with Gasteiger partial charge in [-0.05, 0) is 30.9 Å². The zero-order valence-electron chi connectivity index (χ0n) is 17.0. The van der Waals surface area contributed by atoms with Gasteiger partial charge >= 0.3 is 0 Å². The molecular weight excluding hydrogens is 372 g/mol. The molecule has 5 heterocycles. The maximum Gasteiger partial charge on any atom is 0.241 e. The summed E-state index contributed by atoms with van der Waals surface area (Å²) in [6, 6.07) is 3.62. The van der Waals surface area contributed by atoms with Gasteiger partial charge in [0.25, 0.3) is 0 Å². The van der Waals surface area contributed by atoms with Crippen LogP contribution in [0.15, 0.2) is 27.3 Å². The molecule has 8 nitrogen and oxygen atoms in total. The van der Waals surface area contributed by atoms with Crippen LogP contribution in [0.2, 0.25) is 0 Å². The van der Waals surface area contributed by atoms with E-state index in [1.54, 1.807) is 12.3 Å². The molecule has 2 aromatic heterocycles. The minimum atomic E-state index is -0.0814. The number of amides is 1. The Kier molecular flexibility index (Phi) is 4.70. The van der Waals surface area contributed by atoms with Crippen LogP contribution in [0.5, 0.6) is 0 Å². The number of hydrogen-bond acceptors (Lipinski definition) is 7. The average molecular weight is 400 g/mol. The molecule has 2 bridgehead atoms. The van der Waals surface area contributed by atoms with Crippen LogP contribution in [0.25, 0.3) is 11.6 Å². The summed E-state index contributed by atoms with van der Waals surface area (Å²) in [5.41, 5.74) is -0.0814. The Hall–Kier alpha value is -2.19. The lowest BCUT2D eigenvalue weighted by Gasteiger charge is -2.29. The van der Waals surface area contributed by atoms with Gasteiger partial charge in [-0.1, -0.05) is 19.0 Å². The second-order valence-corrected chi connectivity index (χ2v) is 9.09. The molecule has 3 aliphatic rings. The van der Waals surface area contributed by atoms with Crippen molar-refractivity contribution in [3.05, 3.63) is 24.3 Å². The van der Waals surface area contributed by atoms with Crippen LogP contribution in [0, 0.1) is 17.8 Å². The molecule has 29 heavy (non-hydrogen) atoms. The number of aromatic nitrogens is 2. The van der Waals surface area contributed by atoms with Gasteiger partial charge in [0.2, 0.25) is 17.6 Å². The highest BCUT2D eigenvalue weighted by molar-refractivity contribution is 5.76. The summed E-state index contributed by atoms with van der Waals surface area (Å²) >= 11 is 0. The van der Waals surface area contributed by atoms with Gasteiger partial charge in [0.15, 0.2) is 5.76 Å². The summed E-state index contributed by atoms with van der Waals surface area (Å²) in [5, 5.41) is 7.17. The first kappa shape index (κ1) is 18.8. The number of furan rings is 1. The van der Waals surface area contributed by atoms with Crippen LogP contribution in [-0.2, 0) is 16.1 Å². The van der Waals surface area contributed by atoms with Crippen molar-refractivity contribution >= 4 is 5.91 Å². The fourth-order valence-electron chi connectivity index (χ4n) is 5.37. The Balaban J connectivity index is 1.22. The number of hydrogen-bond donors (Lipinski definition) is 1. The van der Waals surface area contributed by atoms with E-state index in [1.807, 2.05) is 6.07 Å². The molecule has 1 spiro atoms. The number of nitrogens with one attached hydrogen (secondary N) is 1. The Morgan fingerprint density at radius 3 is 3.14 bits per heavy atom. The molecule has 4 atom stereocenters. The molecule has 0 aliphatic carbocycles. The Labute approximate surface area is 170 Å². The quantitative estimate of drug-likeness (QED) is 0.763. The van der Waals surface area contributed by atoms with Gasteiger partial charge < -0.3 is 19.0 Å². The number of fused-ring (bicyclic) bond motifs is 1. The van der Waals surface area contributed by atoms with Crippen molar-refractivity contribution < 1.29 is 18.5 Å². The van der Waals surface area contributed by atoms with Crippen molar-refractivity contribution in [2.75, 3.05) is 19.6 Å². The van der Waals surface area contributed by atoms with Crippen LogP contribution >= 0.6 is 0 Å². The Morgan fingerprint density at radius 2 is 2.34 bits per heavy atom. The van der Waals surface area contributed by atoms with E-state index in [4.69, 9.17) is 13.7 Å². The van der Waals surface area contributed by atoms with Gasteiger partial charge in [0, 0.05) is 37.9 Å². The van der Waals surface area contributed by atoms with Crippen molar-refractivity contribution in [2.45, 2.75) is 51.4 Å². The molecule has 0 aromatic carbocycles. The van der Waals surface area contributed by atoms with Crippen molar-refractivity contribution in [1.29, 1.82) is 0 Å². The molecule has 0 saturated carbocycles. The number of likely N-dealkylation sites (tertiary alicyclic amines) is 1. The average Bonchev–Trinajstić information content (AvgIpc) is 3.45. The first-order valence-corrected chi connectivity index (χ1v) is 10.6. The molecule has 8 heteroatoms. The lowest BCUT2D eigenvalue weighted by atomic mass is 9.73. The smallest absolute Gasteiger partial charge is 0.241 e. The van der Waals surface area contributed by atoms with E-state index in [0.717, 1.165) is 25.9 Å². The number of ether oxygens (including phenoxy) is 1. The first-order chi connectivity index (χ1) is 14.0. The first-order valence-electron chi connectivity index (χ1n) is 10.6. The summed E-state index contributed by atoms with van der Waals surface area (Å²) in [6.45, 7) is 7.26. The number of rotatable bonds is 7. The highest BCUT2D eigenvalue weighted by Crippen LogP contribution is 2.54. The fourth-order valence-corrected chi connectivity index (χ4v) is 5.37. The second-order valence-electron chi connectivity index (χ2n) is 9.09.